The lowest BCUT2D eigenvalue weighted by atomic mass is 9.94. The van der Waals surface area contributed by atoms with Crippen LogP contribution in [0.3, 0.4) is 0 Å². The summed E-state index contributed by atoms with van der Waals surface area (Å²) in [6.45, 7) is 0.690. The molecule has 1 aromatic heterocycles. The Kier molecular flexibility index (Phi) is 6.75. The summed E-state index contributed by atoms with van der Waals surface area (Å²) >= 11 is 0. The van der Waals surface area contributed by atoms with Gasteiger partial charge in [0.2, 0.25) is 11.8 Å². The Morgan fingerprint density at radius 3 is 2.80 bits per heavy atom. The molecule has 1 aliphatic heterocycles. The zero-order chi connectivity index (χ0) is 18.4. The van der Waals surface area contributed by atoms with E-state index in [1.54, 1.807) is 49.1 Å². The van der Waals surface area contributed by atoms with Gasteiger partial charge < -0.3 is 14.5 Å². The number of aryl methyl sites for hydroxylation is 1. The lowest BCUT2D eigenvalue weighted by Gasteiger charge is -2.40. The summed E-state index contributed by atoms with van der Waals surface area (Å²) in [5.41, 5.74) is 0.869. The second-order valence-electron chi connectivity index (χ2n) is 6.56. The van der Waals surface area contributed by atoms with Crippen molar-refractivity contribution in [3.05, 3.63) is 24.0 Å². The molecule has 7 nitrogen and oxygen atoms in total. The Morgan fingerprint density at radius 2 is 2.20 bits per heavy atom. The van der Waals surface area contributed by atoms with E-state index in [9.17, 15) is 9.59 Å². The summed E-state index contributed by atoms with van der Waals surface area (Å²) in [5, 5.41) is 4.09. The average Bonchev–Trinajstić information content (AvgIpc) is 3.01. The van der Waals surface area contributed by atoms with E-state index in [0.717, 1.165) is 18.5 Å². The highest BCUT2D eigenvalue weighted by atomic mass is 16.5. The number of amides is 2. The van der Waals surface area contributed by atoms with Gasteiger partial charge in [0.25, 0.3) is 0 Å². The fourth-order valence-corrected chi connectivity index (χ4v) is 3.21. The number of hydrogen-bond donors (Lipinski definition) is 0. The first-order chi connectivity index (χ1) is 11.9. The molecule has 2 amide bonds. The number of aromatic nitrogens is 2. The van der Waals surface area contributed by atoms with Crippen molar-refractivity contribution in [1.82, 2.24) is 19.6 Å². The molecule has 7 heteroatoms. The van der Waals surface area contributed by atoms with Gasteiger partial charge in [0, 0.05) is 53.5 Å². The summed E-state index contributed by atoms with van der Waals surface area (Å²) in [6, 6.07) is 1.77. The van der Waals surface area contributed by atoms with E-state index in [1.165, 1.54) is 0 Å². The lowest BCUT2D eigenvalue weighted by Crippen LogP contribution is -2.51. The Balaban J connectivity index is 2.08. The zero-order valence-electron chi connectivity index (χ0n) is 15.5. The number of methoxy groups -OCH3 is 1. The molecule has 25 heavy (non-hydrogen) atoms. The predicted octanol–water partition coefficient (Wildman–Crippen LogP) is 1.31. The van der Waals surface area contributed by atoms with Crippen LogP contribution < -0.4 is 0 Å². The first-order valence-electron chi connectivity index (χ1n) is 8.63. The predicted molar refractivity (Wildman–Crippen MR) is 95.7 cm³/mol. The third-order valence-electron chi connectivity index (χ3n) is 4.71. The van der Waals surface area contributed by atoms with Crippen molar-refractivity contribution >= 4 is 17.9 Å². The molecule has 2 rings (SSSR count). The summed E-state index contributed by atoms with van der Waals surface area (Å²) < 4.78 is 7.30. The molecule has 0 N–H and O–H groups in total. The quantitative estimate of drug-likeness (QED) is 0.727. The van der Waals surface area contributed by atoms with Crippen LogP contribution in [-0.4, -0.2) is 71.3 Å². The molecule has 1 fully saturated rings. The van der Waals surface area contributed by atoms with Crippen molar-refractivity contribution in [2.75, 3.05) is 27.7 Å². The first kappa shape index (κ1) is 19.2. The molecular weight excluding hydrogens is 320 g/mol. The van der Waals surface area contributed by atoms with Gasteiger partial charge in [-0.15, -0.1) is 0 Å². The highest BCUT2D eigenvalue weighted by Gasteiger charge is 2.33. The normalized spacial score (nSPS) is 20.9. The molecule has 0 radical (unpaired) electrons. The molecular formula is C18H28N4O3. The maximum Gasteiger partial charge on any atom is 0.246 e. The van der Waals surface area contributed by atoms with E-state index >= 15 is 0 Å². The van der Waals surface area contributed by atoms with E-state index in [4.69, 9.17) is 4.74 Å². The third kappa shape index (κ3) is 4.92. The average molecular weight is 348 g/mol. The summed E-state index contributed by atoms with van der Waals surface area (Å²) in [6.07, 6.45) is 7.85. The highest BCUT2D eigenvalue weighted by molar-refractivity contribution is 5.92. The van der Waals surface area contributed by atoms with Crippen LogP contribution >= 0.6 is 0 Å². The minimum atomic E-state index is -0.0775. The van der Waals surface area contributed by atoms with Crippen molar-refractivity contribution in [3.8, 4) is 0 Å². The molecule has 1 aliphatic rings. The molecule has 0 bridgehead atoms. The Hall–Kier alpha value is -2.15. The van der Waals surface area contributed by atoms with Gasteiger partial charge in [-0.1, -0.05) is 0 Å². The smallest absolute Gasteiger partial charge is 0.246 e. The van der Waals surface area contributed by atoms with Crippen LogP contribution in [0.1, 0.15) is 31.4 Å². The second kappa shape index (κ2) is 8.80. The molecule has 0 saturated carbocycles. The van der Waals surface area contributed by atoms with Crippen molar-refractivity contribution in [2.45, 2.75) is 37.8 Å². The van der Waals surface area contributed by atoms with Gasteiger partial charge >= 0.3 is 0 Å². The molecule has 1 aromatic rings. The summed E-state index contributed by atoms with van der Waals surface area (Å²) in [7, 11) is 7.00. The van der Waals surface area contributed by atoms with Crippen molar-refractivity contribution in [3.63, 3.8) is 0 Å². The summed E-state index contributed by atoms with van der Waals surface area (Å²) in [4.78, 5) is 28.1. The van der Waals surface area contributed by atoms with Crippen LogP contribution in [0, 0.1) is 0 Å². The fraction of sp³-hybridized carbons (Fsp3) is 0.611. The molecule has 2 heterocycles. The van der Waals surface area contributed by atoms with Crippen LogP contribution in [0.2, 0.25) is 0 Å². The topological polar surface area (TPSA) is 67.7 Å². The Morgan fingerprint density at radius 1 is 1.44 bits per heavy atom. The van der Waals surface area contributed by atoms with Crippen molar-refractivity contribution in [2.24, 2.45) is 7.05 Å². The molecule has 1 saturated heterocycles. The number of carbonyl (C=O) groups is 2. The number of ether oxygens (including phenoxy) is 1. The van der Waals surface area contributed by atoms with Crippen LogP contribution in [0.15, 0.2) is 18.3 Å². The standard InChI is InChI=1S/C18H28N4O3/c1-20(2)17(23)10-8-15-16(25-4)6-5-13-22(15)18(24)9-7-14-11-12-19-21(14)3/h7,9,11-12,15-16H,5-6,8,10,13H2,1-4H3/b9-7+/t15-,16-/m0/s1. The van der Waals surface area contributed by atoms with E-state index in [2.05, 4.69) is 5.10 Å². The monoisotopic (exact) mass is 348 g/mol. The molecule has 0 aromatic carbocycles. The number of hydrogen-bond acceptors (Lipinski definition) is 4. The molecule has 0 unspecified atom stereocenters. The maximum absolute atomic E-state index is 12.7. The van der Waals surface area contributed by atoms with E-state index in [1.807, 2.05) is 18.0 Å². The number of piperidine rings is 1. The number of nitrogens with zero attached hydrogens (tertiary/aromatic N) is 4. The van der Waals surface area contributed by atoms with Crippen molar-refractivity contribution < 1.29 is 14.3 Å². The van der Waals surface area contributed by atoms with Crippen LogP contribution in [0.25, 0.3) is 6.08 Å². The van der Waals surface area contributed by atoms with E-state index in [-0.39, 0.29) is 24.0 Å². The largest absolute Gasteiger partial charge is 0.379 e. The van der Waals surface area contributed by atoms with Crippen LogP contribution in [0.4, 0.5) is 0 Å². The zero-order valence-corrected chi connectivity index (χ0v) is 15.5. The van der Waals surface area contributed by atoms with Gasteiger partial charge in [0.15, 0.2) is 0 Å². The maximum atomic E-state index is 12.7. The SMILES string of the molecule is CO[C@H]1CCCN(C(=O)/C=C/c2ccnn2C)[C@H]1CCC(=O)N(C)C. The van der Waals surface area contributed by atoms with Gasteiger partial charge in [-0.2, -0.15) is 5.10 Å². The molecule has 0 aliphatic carbocycles. The molecule has 138 valence electrons. The van der Waals surface area contributed by atoms with Gasteiger partial charge in [-0.25, -0.2) is 0 Å². The minimum Gasteiger partial charge on any atom is -0.379 e. The lowest BCUT2D eigenvalue weighted by molar-refractivity contribution is -0.137. The van der Waals surface area contributed by atoms with Gasteiger partial charge in [-0.3, -0.25) is 14.3 Å². The third-order valence-corrected chi connectivity index (χ3v) is 4.71. The van der Waals surface area contributed by atoms with Crippen LogP contribution in [0.5, 0.6) is 0 Å². The van der Waals surface area contributed by atoms with Crippen LogP contribution in [-0.2, 0) is 21.4 Å². The Labute approximate surface area is 149 Å². The van der Waals surface area contributed by atoms with Gasteiger partial charge in [0.1, 0.15) is 0 Å². The molecule has 2 atom stereocenters. The van der Waals surface area contributed by atoms with E-state index in [0.29, 0.717) is 19.4 Å². The number of carbonyl (C=O) groups excluding carboxylic acids is 2. The van der Waals surface area contributed by atoms with Gasteiger partial charge in [0.05, 0.1) is 17.8 Å². The molecule has 0 spiro atoms. The minimum absolute atomic E-state index is 0.0298. The Bertz CT molecular complexity index is 624. The van der Waals surface area contributed by atoms with Crippen molar-refractivity contribution in [1.29, 1.82) is 0 Å². The fourth-order valence-electron chi connectivity index (χ4n) is 3.21. The van der Waals surface area contributed by atoms with E-state index < -0.39 is 0 Å². The number of rotatable bonds is 6. The summed E-state index contributed by atoms with van der Waals surface area (Å²) in [5.74, 6) is 0.0171. The second-order valence-corrected chi connectivity index (χ2v) is 6.56. The number of likely N-dealkylation sites (tertiary alicyclic amines) is 1. The first-order valence-corrected chi connectivity index (χ1v) is 8.63. The van der Waals surface area contributed by atoms with Gasteiger partial charge in [-0.05, 0) is 31.4 Å². The highest BCUT2D eigenvalue weighted by Crippen LogP contribution is 2.24.